The van der Waals surface area contributed by atoms with Gasteiger partial charge in [-0.3, -0.25) is 4.79 Å². The quantitative estimate of drug-likeness (QED) is 0.447. The predicted octanol–water partition coefficient (Wildman–Crippen LogP) is 4.17. The highest BCUT2D eigenvalue weighted by molar-refractivity contribution is 7.91. The minimum Gasteiger partial charge on any atom is -0.497 e. The van der Waals surface area contributed by atoms with E-state index in [4.69, 9.17) is 4.74 Å². The number of nitrogens with zero attached hydrogens (tertiary/aromatic N) is 3. The molecule has 1 N–H and O–H groups in total. The first-order valence-corrected chi connectivity index (χ1v) is 12.9. The maximum absolute atomic E-state index is 14.2. The van der Waals surface area contributed by atoms with Crippen LogP contribution >= 0.6 is 0 Å². The minimum atomic E-state index is -3.15. The summed E-state index contributed by atoms with van der Waals surface area (Å²) in [4.78, 5) is 22.5. The third kappa shape index (κ3) is 4.37. The number of rotatable bonds is 5. The van der Waals surface area contributed by atoms with Crippen molar-refractivity contribution in [3.05, 3.63) is 71.9 Å². The molecule has 0 bridgehead atoms. The third-order valence-electron chi connectivity index (χ3n) is 6.15. The maximum Gasteiger partial charge on any atom is 0.276 e. The van der Waals surface area contributed by atoms with Crippen molar-refractivity contribution < 1.29 is 22.3 Å². The van der Waals surface area contributed by atoms with Crippen LogP contribution in [0.25, 0.3) is 22.3 Å². The first kappa shape index (κ1) is 23.0. The average molecular weight is 495 g/mol. The van der Waals surface area contributed by atoms with Crippen molar-refractivity contribution >= 4 is 32.5 Å². The van der Waals surface area contributed by atoms with Crippen molar-refractivity contribution in [1.82, 2.24) is 14.5 Å². The molecule has 180 valence electrons. The molecule has 8 nitrogen and oxygen atoms in total. The number of amides is 1. The lowest BCUT2D eigenvalue weighted by atomic mass is 10.1. The van der Waals surface area contributed by atoms with Crippen LogP contribution in [-0.4, -0.2) is 47.5 Å². The lowest BCUT2D eigenvalue weighted by Crippen LogP contribution is -2.16. The number of aryl methyl sites for hydroxylation is 1. The van der Waals surface area contributed by atoms with Gasteiger partial charge in [0.15, 0.2) is 15.5 Å². The number of sulfone groups is 1. The number of carbonyl (C=O) groups is 1. The second kappa shape index (κ2) is 8.77. The lowest BCUT2D eigenvalue weighted by Gasteiger charge is -2.15. The van der Waals surface area contributed by atoms with Crippen LogP contribution in [0.4, 0.5) is 10.1 Å². The molecule has 35 heavy (non-hydrogen) atoms. The number of carbonyl (C=O) groups excluding carboxylic acids is 1. The number of benzene rings is 2. The summed E-state index contributed by atoms with van der Waals surface area (Å²) in [6.45, 7) is 1.77. The van der Waals surface area contributed by atoms with E-state index < -0.39 is 21.6 Å². The number of ether oxygens (including phenoxy) is 1. The zero-order chi connectivity index (χ0) is 24.7. The summed E-state index contributed by atoms with van der Waals surface area (Å²) in [6.07, 6.45) is 0.464. The van der Waals surface area contributed by atoms with Gasteiger partial charge < -0.3 is 14.6 Å². The fourth-order valence-corrected chi connectivity index (χ4v) is 6.16. The van der Waals surface area contributed by atoms with E-state index in [9.17, 15) is 17.6 Å². The van der Waals surface area contributed by atoms with Gasteiger partial charge in [-0.05, 0) is 55.8 Å². The molecule has 1 fully saturated rings. The van der Waals surface area contributed by atoms with Gasteiger partial charge in [-0.2, -0.15) is 0 Å². The molecular weight excluding hydrogens is 471 g/mol. The number of fused-ring (bicyclic) bond motifs is 1. The van der Waals surface area contributed by atoms with Crippen molar-refractivity contribution in [3.8, 4) is 17.0 Å². The molecule has 2 aromatic heterocycles. The second-order valence-electron chi connectivity index (χ2n) is 8.47. The van der Waals surface area contributed by atoms with Crippen LogP contribution in [0.1, 0.15) is 28.8 Å². The summed E-state index contributed by atoms with van der Waals surface area (Å²) in [5.41, 5.74) is 2.22. The zero-order valence-electron chi connectivity index (χ0n) is 19.2. The highest BCUT2D eigenvalue weighted by Crippen LogP contribution is 2.33. The topological polar surface area (TPSA) is 103 Å². The van der Waals surface area contributed by atoms with Crippen LogP contribution in [0.2, 0.25) is 0 Å². The minimum absolute atomic E-state index is 0.0102. The summed E-state index contributed by atoms with van der Waals surface area (Å²) in [5.74, 6) is 0.185. The van der Waals surface area contributed by atoms with E-state index in [-0.39, 0.29) is 28.9 Å². The maximum atomic E-state index is 14.2. The van der Waals surface area contributed by atoms with Crippen molar-refractivity contribution in [2.24, 2.45) is 0 Å². The van der Waals surface area contributed by atoms with Crippen LogP contribution in [0.3, 0.4) is 0 Å². The number of para-hydroxylation sites is 1. The Morgan fingerprint density at radius 3 is 2.54 bits per heavy atom. The molecular formula is C25H23FN4O4S. The van der Waals surface area contributed by atoms with Gasteiger partial charge in [-0.1, -0.05) is 12.1 Å². The van der Waals surface area contributed by atoms with Gasteiger partial charge in [0.25, 0.3) is 5.91 Å². The molecule has 0 radical (unpaired) electrons. The molecule has 0 spiro atoms. The van der Waals surface area contributed by atoms with Crippen molar-refractivity contribution in [2.45, 2.75) is 19.4 Å². The first-order valence-electron chi connectivity index (χ1n) is 11.1. The van der Waals surface area contributed by atoms with Crippen LogP contribution < -0.4 is 10.1 Å². The third-order valence-corrected chi connectivity index (χ3v) is 7.90. The van der Waals surface area contributed by atoms with Gasteiger partial charge >= 0.3 is 0 Å². The van der Waals surface area contributed by atoms with E-state index >= 15 is 0 Å². The number of anilines is 1. The highest BCUT2D eigenvalue weighted by Gasteiger charge is 2.32. The van der Waals surface area contributed by atoms with E-state index in [0.717, 1.165) is 5.56 Å². The largest absolute Gasteiger partial charge is 0.497 e. The summed E-state index contributed by atoms with van der Waals surface area (Å²) in [5, 5.41) is 2.59. The average Bonchev–Trinajstić information content (AvgIpc) is 3.37. The van der Waals surface area contributed by atoms with E-state index in [1.54, 1.807) is 32.2 Å². The first-order chi connectivity index (χ1) is 16.8. The molecule has 5 rings (SSSR count). The van der Waals surface area contributed by atoms with E-state index in [0.29, 0.717) is 34.7 Å². The van der Waals surface area contributed by atoms with Gasteiger partial charge in [0.05, 0.1) is 41.6 Å². The summed E-state index contributed by atoms with van der Waals surface area (Å²) < 4.78 is 45.7. The summed E-state index contributed by atoms with van der Waals surface area (Å²) in [7, 11) is -1.58. The number of nitrogens with one attached hydrogen (secondary N) is 1. The number of pyridine rings is 1. The Bertz CT molecular complexity index is 1550. The Morgan fingerprint density at radius 2 is 1.89 bits per heavy atom. The van der Waals surface area contributed by atoms with Gasteiger partial charge in [0.2, 0.25) is 0 Å². The highest BCUT2D eigenvalue weighted by atomic mass is 32.2. The number of aromatic nitrogens is 3. The number of halogens is 1. The van der Waals surface area contributed by atoms with Gasteiger partial charge in [0, 0.05) is 5.56 Å². The van der Waals surface area contributed by atoms with Crippen LogP contribution in [-0.2, 0) is 9.84 Å². The lowest BCUT2D eigenvalue weighted by molar-refractivity contribution is 0.102. The molecule has 1 amide bonds. The molecule has 0 aliphatic carbocycles. The molecule has 1 aliphatic rings. The van der Waals surface area contributed by atoms with Gasteiger partial charge in [-0.15, -0.1) is 0 Å². The molecule has 10 heteroatoms. The van der Waals surface area contributed by atoms with Crippen LogP contribution in [0.5, 0.6) is 5.75 Å². The number of hydrogen-bond acceptors (Lipinski definition) is 6. The van der Waals surface area contributed by atoms with Gasteiger partial charge in [0.1, 0.15) is 22.9 Å². The molecule has 2 aromatic carbocycles. The monoisotopic (exact) mass is 494 g/mol. The van der Waals surface area contributed by atoms with Gasteiger partial charge in [-0.25, -0.2) is 22.8 Å². The Balaban J connectivity index is 1.68. The summed E-state index contributed by atoms with van der Waals surface area (Å²) >= 11 is 0. The zero-order valence-corrected chi connectivity index (χ0v) is 20.0. The molecule has 1 saturated heterocycles. The predicted molar refractivity (Wildman–Crippen MR) is 131 cm³/mol. The van der Waals surface area contributed by atoms with E-state index in [1.165, 1.54) is 18.2 Å². The Hall–Kier alpha value is -3.79. The van der Waals surface area contributed by atoms with Crippen LogP contribution in [0, 0.1) is 12.7 Å². The Kier molecular flexibility index (Phi) is 5.76. The summed E-state index contributed by atoms with van der Waals surface area (Å²) in [6, 6.07) is 14.6. The molecule has 3 heterocycles. The van der Waals surface area contributed by atoms with Crippen LogP contribution in [0.15, 0.2) is 54.6 Å². The van der Waals surface area contributed by atoms with Crippen molar-refractivity contribution in [2.75, 3.05) is 23.9 Å². The standard InChI is InChI=1S/C25H23FN4O4S/c1-15-27-23-22(30(15)17-11-12-35(32,33)14-17)13-21(16-7-9-18(34-2)10-8-16)28-24(23)25(31)29-20-6-4-3-5-19(20)26/h3-10,13,17H,11-12,14H2,1-2H3,(H,29,31). The van der Waals surface area contributed by atoms with Crippen molar-refractivity contribution in [3.63, 3.8) is 0 Å². The Labute approximate surface area is 201 Å². The molecule has 4 aromatic rings. The SMILES string of the molecule is COc1ccc(-c2cc3c(nc(C)n3C3CCS(=O)(=O)C3)c(C(=O)Nc3ccccc3F)n2)cc1. The van der Waals surface area contributed by atoms with E-state index in [2.05, 4.69) is 15.3 Å². The normalized spacial score (nSPS) is 16.9. The van der Waals surface area contributed by atoms with Crippen molar-refractivity contribution in [1.29, 1.82) is 0 Å². The second-order valence-corrected chi connectivity index (χ2v) is 10.7. The van der Waals surface area contributed by atoms with E-state index in [1.807, 2.05) is 22.8 Å². The smallest absolute Gasteiger partial charge is 0.276 e. The number of imidazole rings is 1. The fourth-order valence-electron chi connectivity index (χ4n) is 4.46. The number of hydrogen-bond donors (Lipinski definition) is 1. The number of methoxy groups -OCH3 is 1. The molecule has 1 unspecified atom stereocenters. The molecule has 1 aliphatic heterocycles. The molecule has 0 saturated carbocycles. The molecule has 1 atom stereocenters. The Morgan fingerprint density at radius 1 is 1.14 bits per heavy atom. The fraction of sp³-hybridized carbons (Fsp3) is 0.240.